The zero-order valence-corrected chi connectivity index (χ0v) is 20.2. The quantitative estimate of drug-likeness (QED) is 0.394. The third kappa shape index (κ3) is 3.68. The summed E-state index contributed by atoms with van der Waals surface area (Å²) in [6.07, 6.45) is 6.53. The number of pyridine rings is 1. The molecule has 0 radical (unpaired) electrons. The van der Waals surface area contributed by atoms with Gasteiger partial charge in [-0.2, -0.15) is 0 Å². The summed E-state index contributed by atoms with van der Waals surface area (Å²) in [5, 5.41) is 6.33. The average Bonchev–Trinajstić information content (AvgIpc) is 3.65. The molecule has 11 nitrogen and oxygen atoms in total. The number of aryl methyl sites for hydroxylation is 1. The van der Waals surface area contributed by atoms with Crippen molar-refractivity contribution in [3.63, 3.8) is 0 Å². The number of aromatic nitrogens is 5. The van der Waals surface area contributed by atoms with Gasteiger partial charge in [0.15, 0.2) is 17.3 Å². The van der Waals surface area contributed by atoms with Crippen molar-refractivity contribution in [2.45, 2.75) is 18.6 Å². The van der Waals surface area contributed by atoms with E-state index in [1.165, 1.54) is 7.11 Å². The normalized spacial score (nSPS) is 18.6. The summed E-state index contributed by atoms with van der Waals surface area (Å²) in [5.41, 5.74) is 4.68. The summed E-state index contributed by atoms with van der Waals surface area (Å²) in [6.45, 7) is 1.70. The van der Waals surface area contributed by atoms with E-state index < -0.39 is 5.97 Å². The molecular formula is C25H26N8O3. The first-order valence-electron chi connectivity index (χ1n) is 11.7. The van der Waals surface area contributed by atoms with Crippen LogP contribution in [-0.2, 0) is 16.5 Å². The number of ether oxygens (including phenoxy) is 2. The fourth-order valence-electron chi connectivity index (χ4n) is 4.93. The molecule has 0 aliphatic carbocycles. The molecule has 2 fully saturated rings. The van der Waals surface area contributed by atoms with Crippen molar-refractivity contribution < 1.29 is 14.3 Å². The van der Waals surface area contributed by atoms with Crippen molar-refractivity contribution in [2.24, 2.45) is 7.05 Å². The lowest BCUT2D eigenvalue weighted by Gasteiger charge is -2.29. The zero-order chi connectivity index (χ0) is 24.8. The Balaban J connectivity index is 1.36. The highest BCUT2D eigenvalue weighted by Gasteiger charge is 2.38. The second kappa shape index (κ2) is 8.76. The molecule has 2 N–H and O–H groups in total. The smallest absolute Gasteiger partial charge is 0.360 e. The fraction of sp³-hybridized carbons (Fsp3) is 0.320. The van der Waals surface area contributed by atoms with Crippen molar-refractivity contribution >= 4 is 40.0 Å². The maximum Gasteiger partial charge on any atom is 0.360 e. The van der Waals surface area contributed by atoms with Crippen LogP contribution in [0.2, 0.25) is 0 Å². The largest absolute Gasteiger partial charge is 0.464 e. The molecule has 184 valence electrons. The minimum absolute atomic E-state index is 0.0671. The van der Waals surface area contributed by atoms with Crippen LogP contribution < -0.4 is 15.5 Å². The van der Waals surface area contributed by atoms with Crippen LogP contribution in [0.4, 0.5) is 23.0 Å². The number of nitrogens with one attached hydrogen (secondary N) is 2. The maximum absolute atomic E-state index is 12.7. The second-order valence-electron chi connectivity index (χ2n) is 8.94. The van der Waals surface area contributed by atoms with Crippen LogP contribution in [0.25, 0.3) is 22.3 Å². The van der Waals surface area contributed by atoms with Gasteiger partial charge in [-0.15, -0.1) is 0 Å². The number of rotatable bonds is 6. The summed E-state index contributed by atoms with van der Waals surface area (Å²) >= 11 is 0. The van der Waals surface area contributed by atoms with Gasteiger partial charge in [-0.3, -0.25) is 4.98 Å². The molecular weight excluding hydrogens is 460 g/mol. The molecule has 0 unspecified atom stereocenters. The molecule has 5 heterocycles. The number of carbonyl (C=O) groups is 1. The Bertz CT molecular complexity index is 1450. The first-order valence-corrected chi connectivity index (χ1v) is 11.7. The summed E-state index contributed by atoms with van der Waals surface area (Å²) in [5.74, 6) is 0.173. The molecule has 6 rings (SSSR count). The number of benzene rings is 1. The van der Waals surface area contributed by atoms with Gasteiger partial charge in [-0.25, -0.2) is 19.7 Å². The molecule has 3 aromatic heterocycles. The first-order chi connectivity index (χ1) is 17.6. The summed E-state index contributed by atoms with van der Waals surface area (Å²) in [7, 11) is 4.97. The van der Waals surface area contributed by atoms with E-state index in [2.05, 4.69) is 42.6 Å². The predicted octanol–water partition coefficient (Wildman–Crippen LogP) is 2.97. The first kappa shape index (κ1) is 22.2. The number of nitrogens with zero attached hydrogens (tertiary/aromatic N) is 6. The second-order valence-corrected chi connectivity index (χ2v) is 8.94. The van der Waals surface area contributed by atoms with Crippen molar-refractivity contribution in [2.75, 3.05) is 42.8 Å². The van der Waals surface area contributed by atoms with E-state index in [0.29, 0.717) is 34.7 Å². The summed E-state index contributed by atoms with van der Waals surface area (Å²) in [4.78, 5) is 33.3. The number of hydrogen-bond donors (Lipinski definition) is 2. The SMILES string of the molecule is CNc1nc(Nc2ccc(N3C[C@@H]4C[C@H]3CO4)cc2)c(C(=O)OC)nc1-c1cncc2c1ncn2C. The molecule has 4 aromatic rings. The van der Waals surface area contributed by atoms with Crippen LogP contribution >= 0.6 is 0 Å². The van der Waals surface area contributed by atoms with E-state index in [0.717, 1.165) is 36.5 Å². The number of imidazole rings is 1. The lowest BCUT2D eigenvalue weighted by Crippen LogP contribution is -2.36. The molecule has 0 amide bonds. The third-order valence-corrected chi connectivity index (χ3v) is 6.77. The van der Waals surface area contributed by atoms with Gasteiger partial charge >= 0.3 is 5.97 Å². The van der Waals surface area contributed by atoms with E-state index in [-0.39, 0.29) is 11.5 Å². The van der Waals surface area contributed by atoms with Crippen molar-refractivity contribution in [1.82, 2.24) is 24.5 Å². The molecule has 2 saturated heterocycles. The molecule has 2 atom stereocenters. The van der Waals surface area contributed by atoms with Crippen LogP contribution in [-0.4, -0.2) is 69.9 Å². The van der Waals surface area contributed by atoms with E-state index in [1.54, 1.807) is 25.8 Å². The molecule has 2 aliphatic rings. The number of anilines is 4. The Kier molecular flexibility index (Phi) is 5.41. The van der Waals surface area contributed by atoms with Crippen LogP contribution in [0.15, 0.2) is 43.0 Å². The average molecular weight is 487 g/mol. The van der Waals surface area contributed by atoms with Gasteiger partial charge in [0.2, 0.25) is 0 Å². The maximum atomic E-state index is 12.7. The van der Waals surface area contributed by atoms with Crippen LogP contribution in [0.3, 0.4) is 0 Å². The van der Waals surface area contributed by atoms with Gasteiger partial charge in [0.05, 0.1) is 49.5 Å². The summed E-state index contributed by atoms with van der Waals surface area (Å²) < 4.78 is 12.6. The van der Waals surface area contributed by atoms with Gasteiger partial charge in [0.1, 0.15) is 11.2 Å². The van der Waals surface area contributed by atoms with Crippen molar-refractivity contribution in [3.8, 4) is 11.3 Å². The van der Waals surface area contributed by atoms with E-state index in [4.69, 9.17) is 14.5 Å². The van der Waals surface area contributed by atoms with Crippen LogP contribution in [0, 0.1) is 0 Å². The Morgan fingerprint density at radius 1 is 1.17 bits per heavy atom. The highest BCUT2D eigenvalue weighted by Crippen LogP contribution is 2.35. The number of carbonyl (C=O) groups excluding carboxylic acids is 1. The Morgan fingerprint density at radius 2 is 2.00 bits per heavy atom. The van der Waals surface area contributed by atoms with Gasteiger partial charge in [-0.05, 0) is 30.7 Å². The van der Waals surface area contributed by atoms with E-state index in [9.17, 15) is 4.79 Å². The standard InChI is InChI=1S/C25H26N8O3/c1-26-23-21(18-9-27-10-19-20(18)28-13-32(19)2)30-22(25(34)35-3)24(31-23)29-14-4-6-15(7-5-14)33-11-17-8-16(33)12-36-17/h4-7,9-10,13,16-17H,8,11-12H2,1-3H3,(H2,26,29,31)/t16-,17-/m0/s1. The minimum Gasteiger partial charge on any atom is -0.464 e. The van der Waals surface area contributed by atoms with Crippen LogP contribution in [0.5, 0.6) is 0 Å². The van der Waals surface area contributed by atoms with Gasteiger partial charge in [0.25, 0.3) is 0 Å². The fourth-order valence-corrected chi connectivity index (χ4v) is 4.93. The highest BCUT2D eigenvalue weighted by molar-refractivity contribution is 5.98. The van der Waals surface area contributed by atoms with Crippen molar-refractivity contribution in [1.29, 1.82) is 0 Å². The molecule has 1 aromatic carbocycles. The molecule has 2 bridgehead atoms. The number of hydrogen-bond acceptors (Lipinski definition) is 10. The summed E-state index contributed by atoms with van der Waals surface area (Å²) in [6, 6.07) is 8.51. The highest BCUT2D eigenvalue weighted by atomic mass is 16.5. The Labute approximate surface area is 207 Å². The van der Waals surface area contributed by atoms with Gasteiger partial charge in [0, 0.05) is 38.2 Å². The number of fused-ring (bicyclic) bond motifs is 3. The molecule has 0 saturated carbocycles. The lowest BCUT2D eigenvalue weighted by atomic mass is 10.1. The molecule has 36 heavy (non-hydrogen) atoms. The lowest BCUT2D eigenvalue weighted by molar-refractivity contribution is 0.0595. The number of methoxy groups -OCH3 is 1. The molecule has 0 spiro atoms. The Hall–Kier alpha value is -4.25. The number of esters is 1. The molecule has 11 heteroatoms. The van der Waals surface area contributed by atoms with E-state index >= 15 is 0 Å². The predicted molar refractivity (Wildman–Crippen MR) is 136 cm³/mol. The monoisotopic (exact) mass is 486 g/mol. The van der Waals surface area contributed by atoms with Gasteiger partial charge in [-0.1, -0.05) is 0 Å². The van der Waals surface area contributed by atoms with Crippen LogP contribution in [0.1, 0.15) is 16.9 Å². The number of morpholine rings is 1. The van der Waals surface area contributed by atoms with E-state index in [1.807, 2.05) is 23.7 Å². The third-order valence-electron chi connectivity index (χ3n) is 6.77. The molecule has 2 aliphatic heterocycles. The zero-order valence-electron chi connectivity index (χ0n) is 20.2. The van der Waals surface area contributed by atoms with Gasteiger partial charge < -0.3 is 29.6 Å². The Morgan fingerprint density at radius 3 is 2.69 bits per heavy atom. The van der Waals surface area contributed by atoms with Crippen molar-refractivity contribution in [3.05, 3.63) is 48.7 Å². The minimum atomic E-state index is -0.597. The topological polar surface area (TPSA) is 119 Å².